The van der Waals surface area contributed by atoms with Crippen LogP contribution in [0.15, 0.2) is 71.5 Å². The first kappa shape index (κ1) is 17.1. The maximum absolute atomic E-state index is 12.3. The molecule has 0 unspecified atom stereocenters. The number of nitrogens with one attached hydrogen (secondary N) is 1. The normalized spacial score (nSPS) is 12.1. The van der Waals surface area contributed by atoms with Crippen LogP contribution < -0.4 is 14.8 Å². The van der Waals surface area contributed by atoms with Gasteiger partial charge < -0.3 is 23.9 Å². The molecule has 0 fully saturated rings. The van der Waals surface area contributed by atoms with Gasteiger partial charge >= 0.3 is 11.8 Å². The van der Waals surface area contributed by atoms with Gasteiger partial charge in [-0.15, -0.1) is 0 Å². The summed E-state index contributed by atoms with van der Waals surface area (Å²) in [6.07, 6.45) is 3.93. The number of aromatic nitrogens is 3. The average Bonchev–Trinajstić information content (AvgIpc) is 3.53. The summed E-state index contributed by atoms with van der Waals surface area (Å²) in [5, 5.41) is 6.68. The van der Waals surface area contributed by atoms with Crippen LogP contribution in [0.3, 0.4) is 0 Å². The molecule has 0 saturated heterocycles. The van der Waals surface area contributed by atoms with Gasteiger partial charge in [-0.05, 0) is 54.1 Å². The predicted octanol–water partition coefficient (Wildman–Crippen LogP) is 3.19. The minimum Gasteiger partial charge on any atom is -0.454 e. The van der Waals surface area contributed by atoms with Crippen molar-refractivity contribution in [1.82, 2.24) is 20.0 Å². The number of hydrogen-bond donors (Lipinski definition) is 1. The van der Waals surface area contributed by atoms with Crippen molar-refractivity contribution in [3.05, 3.63) is 78.4 Å². The Hall–Kier alpha value is -4.07. The lowest BCUT2D eigenvalue weighted by Gasteiger charge is -2.04. The van der Waals surface area contributed by atoms with E-state index >= 15 is 0 Å². The molecule has 144 valence electrons. The van der Waals surface area contributed by atoms with Crippen LogP contribution in [0.2, 0.25) is 0 Å². The molecule has 8 nitrogen and oxygen atoms in total. The van der Waals surface area contributed by atoms with Crippen LogP contribution in [0.5, 0.6) is 11.5 Å². The Balaban J connectivity index is 1.25. The number of hydrogen-bond acceptors (Lipinski definition) is 6. The fraction of sp³-hybridized carbons (Fsp3) is 0.0952. The van der Waals surface area contributed by atoms with Crippen molar-refractivity contribution in [2.45, 2.75) is 6.54 Å². The summed E-state index contributed by atoms with van der Waals surface area (Å²) in [4.78, 5) is 16.5. The highest BCUT2D eigenvalue weighted by Gasteiger charge is 2.17. The minimum atomic E-state index is -0.439. The topological polar surface area (TPSA) is 91.4 Å². The van der Waals surface area contributed by atoms with Gasteiger partial charge in [0.25, 0.3) is 0 Å². The molecule has 29 heavy (non-hydrogen) atoms. The first-order valence-corrected chi connectivity index (χ1v) is 9.00. The SMILES string of the molecule is O=C(NCc1ccc2c(c1)OCO2)c1nc(-c2ccc(-n3cccc3)cc2)no1. The third-order valence-electron chi connectivity index (χ3n) is 4.54. The van der Waals surface area contributed by atoms with E-state index in [1.54, 1.807) is 0 Å². The summed E-state index contributed by atoms with van der Waals surface area (Å²) in [6.45, 7) is 0.515. The second-order valence-corrected chi connectivity index (χ2v) is 6.43. The zero-order chi connectivity index (χ0) is 19.6. The number of amides is 1. The fourth-order valence-corrected chi connectivity index (χ4v) is 3.03. The second kappa shape index (κ2) is 7.16. The van der Waals surface area contributed by atoms with Crippen LogP contribution >= 0.6 is 0 Å². The Morgan fingerprint density at radius 1 is 1.03 bits per heavy atom. The molecule has 2 aromatic carbocycles. The van der Waals surface area contributed by atoms with E-state index in [9.17, 15) is 4.79 Å². The molecule has 1 aliphatic heterocycles. The summed E-state index contributed by atoms with van der Waals surface area (Å²) >= 11 is 0. The predicted molar refractivity (Wildman–Crippen MR) is 103 cm³/mol. The van der Waals surface area contributed by atoms with Gasteiger partial charge in [0.1, 0.15) is 0 Å². The Morgan fingerprint density at radius 3 is 2.66 bits per heavy atom. The van der Waals surface area contributed by atoms with Gasteiger partial charge in [-0.3, -0.25) is 4.79 Å². The summed E-state index contributed by atoms with van der Waals surface area (Å²) in [6, 6.07) is 17.1. The summed E-state index contributed by atoms with van der Waals surface area (Å²) in [5.41, 5.74) is 2.66. The smallest absolute Gasteiger partial charge is 0.316 e. The molecule has 0 spiro atoms. The molecule has 0 aliphatic carbocycles. The monoisotopic (exact) mass is 388 g/mol. The third kappa shape index (κ3) is 3.43. The lowest BCUT2D eigenvalue weighted by atomic mass is 10.2. The molecule has 0 saturated carbocycles. The molecule has 1 aliphatic rings. The highest BCUT2D eigenvalue weighted by Crippen LogP contribution is 2.32. The number of rotatable bonds is 5. The summed E-state index contributed by atoms with van der Waals surface area (Å²) < 4.78 is 17.7. The van der Waals surface area contributed by atoms with Crippen LogP contribution in [0.1, 0.15) is 16.2 Å². The van der Waals surface area contributed by atoms with E-state index in [-0.39, 0.29) is 12.7 Å². The number of fused-ring (bicyclic) bond motifs is 1. The van der Waals surface area contributed by atoms with E-state index < -0.39 is 5.91 Å². The largest absolute Gasteiger partial charge is 0.454 e. The molecular formula is C21H16N4O4. The van der Waals surface area contributed by atoms with E-state index in [2.05, 4.69) is 15.5 Å². The van der Waals surface area contributed by atoms with E-state index in [1.807, 2.05) is 71.6 Å². The van der Waals surface area contributed by atoms with Crippen LogP contribution in [0.4, 0.5) is 0 Å². The third-order valence-corrected chi connectivity index (χ3v) is 4.54. The molecule has 0 radical (unpaired) electrons. The lowest BCUT2D eigenvalue weighted by molar-refractivity contribution is 0.0907. The van der Waals surface area contributed by atoms with E-state index in [4.69, 9.17) is 14.0 Å². The van der Waals surface area contributed by atoms with Crippen LogP contribution in [0.25, 0.3) is 17.1 Å². The first-order valence-electron chi connectivity index (χ1n) is 9.00. The molecule has 0 bridgehead atoms. The molecule has 2 aromatic heterocycles. The standard InChI is InChI=1S/C21H16N4O4/c26-20(22-12-14-3-8-17-18(11-14)28-13-27-17)21-23-19(24-29-21)15-4-6-16(7-5-15)25-9-1-2-10-25/h1-11H,12-13H2,(H,22,26). The molecule has 8 heteroatoms. The zero-order valence-electron chi connectivity index (χ0n) is 15.2. The van der Waals surface area contributed by atoms with Crippen molar-refractivity contribution in [1.29, 1.82) is 0 Å². The van der Waals surface area contributed by atoms with Gasteiger partial charge in [0.05, 0.1) is 0 Å². The van der Waals surface area contributed by atoms with Crippen molar-refractivity contribution in [3.8, 4) is 28.6 Å². The Kier molecular flexibility index (Phi) is 4.21. The van der Waals surface area contributed by atoms with Gasteiger partial charge in [0.2, 0.25) is 12.6 Å². The quantitative estimate of drug-likeness (QED) is 0.565. The molecular weight excluding hydrogens is 372 g/mol. The zero-order valence-corrected chi connectivity index (χ0v) is 15.2. The number of ether oxygens (including phenoxy) is 2. The van der Waals surface area contributed by atoms with Crippen LogP contribution in [-0.4, -0.2) is 27.4 Å². The van der Waals surface area contributed by atoms with Crippen molar-refractivity contribution in [2.24, 2.45) is 0 Å². The van der Waals surface area contributed by atoms with Gasteiger partial charge in [0.15, 0.2) is 11.5 Å². The number of benzene rings is 2. The van der Waals surface area contributed by atoms with Crippen molar-refractivity contribution in [2.75, 3.05) is 6.79 Å². The van der Waals surface area contributed by atoms with Gasteiger partial charge in [-0.2, -0.15) is 4.98 Å². The van der Waals surface area contributed by atoms with Gasteiger partial charge in [-0.1, -0.05) is 11.2 Å². The molecule has 3 heterocycles. The highest BCUT2D eigenvalue weighted by atomic mass is 16.7. The number of nitrogens with zero attached hydrogens (tertiary/aromatic N) is 3. The second-order valence-electron chi connectivity index (χ2n) is 6.43. The molecule has 1 amide bonds. The Labute approximate surface area is 165 Å². The van der Waals surface area contributed by atoms with Gasteiger partial charge in [0, 0.05) is 30.2 Å². The Morgan fingerprint density at radius 2 is 1.83 bits per heavy atom. The highest BCUT2D eigenvalue weighted by molar-refractivity contribution is 5.89. The van der Waals surface area contributed by atoms with Crippen LogP contribution in [0, 0.1) is 0 Å². The molecule has 0 atom stereocenters. The minimum absolute atomic E-state index is 0.0878. The number of carbonyl (C=O) groups excluding carboxylic acids is 1. The molecule has 5 rings (SSSR count). The number of carbonyl (C=O) groups is 1. The van der Waals surface area contributed by atoms with Crippen molar-refractivity contribution >= 4 is 5.91 Å². The summed E-state index contributed by atoms with van der Waals surface area (Å²) in [5.74, 6) is 1.20. The lowest BCUT2D eigenvalue weighted by Crippen LogP contribution is -2.23. The Bertz CT molecular complexity index is 1150. The first-order chi connectivity index (χ1) is 14.3. The van der Waals surface area contributed by atoms with E-state index in [1.165, 1.54) is 0 Å². The molecule has 4 aromatic rings. The van der Waals surface area contributed by atoms with Gasteiger partial charge in [-0.25, -0.2) is 0 Å². The van der Waals surface area contributed by atoms with Crippen LogP contribution in [-0.2, 0) is 6.54 Å². The molecule has 1 N–H and O–H groups in total. The van der Waals surface area contributed by atoms with E-state index in [0.717, 1.165) is 16.8 Å². The average molecular weight is 388 g/mol. The van der Waals surface area contributed by atoms with Crippen molar-refractivity contribution < 1.29 is 18.8 Å². The maximum Gasteiger partial charge on any atom is 0.316 e. The fourth-order valence-electron chi connectivity index (χ4n) is 3.03. The van der Waals surface area contributed by atoms with Crippen molar-refractivity contribution in [3.63, 3.8) is 0 Å². The van der Waals surface area contributed by atoms with E-state index in [0.29, 0.717) is 23.9 Å². The maximum atomic E-state index is 12.3. The summed E-state index contributed by atoms with van der Waals surface area (Å²) in [7, 11) is 0.